The van der Waals surface area contributed by atoms with E-state index in [4.69, 9.17) is 16.7 Å². The topological polar surface area (TPSA) is 88.4 Å². The van der Waals surface area contributed by atoms with Gasteiger partial charge in [0.2, 0.25) is 0 Å². The number of hydrogen-bond acceptors (Lipinski definition) is 4. The van der Waals surface area contributed by atoms with Crippen molar-refractivity contribution in [2.75, 3.05) is 5.32 Å². The number of nitrogens with zero attached hydrogens (tertiary/aromatic N) is 3. The molecular formula is C25H19BrClN5O2. The predicted molar refractivity (Wildman–Crippen MR) is 137 cm³/mol. The molecule has 0 spiro atoms. The van der Waals surface area contributed by atoms with Crippen LogP contribution in [-0.4, -0.2) is 27.8 Å². The molecule has 34 heavy (non-hydrogen) atoms. The van der Waals surface area contributed by atoms with Crippen molar-refractivity contribution in [3.63, 3.8) is 0 Å². The van der Waals surface area contributed by atoms with Crippen molar-refractivity contribution in [2.24, 2.45) is 5.10 Å². The van der Waals surface area contributed by atoms with E-state index in [0.29, 0.717) is 27.5 Å². The molecule has 9 heteroatoms. The Hall–Kier alpha value is -3.75. The lowest BCUT2D eigenvalue weighted by Gasteiger charge is -2.08. The molecule has 170 valence electrons. The van der Waals surface area contributed by atoms with Gasteiger partial charge >= 0.3 is 11.8 Å². The van der Waals surface area contributed by atoms with E-state index in [1.807, 2.05) is 54.6 Å². The molecule has 4 aromatic rings. The minimum absolute atomic E-state index is 0.457. The first-order valence-corrected chi connectivity index (χ1v) is 11.4. The van der Waals surface area contributed by atoms with Crippen LogP contribution in [0.5, 0.6) is 0 Å². The highest BCUT2D eigenvalue weighted by molar-refractivity contribution is 9.10. The van der Waals surface area contributed by atoms with Gasteiger partial charge in [-0.25, -0.2) is 10.1 Å². The number of amides is 2. The van der Waals surface area contributed by atoms with Gasteiger partial charge in [0, 0.05) is 32.5 Å². The molecule has 4 rings (SSSR count). The van der Waals surface area contributed by atoms with E-state index in [2.05, 4.69) is 31.8 Å². The van der Waals surface area contributed by atoms with Crippen LogP contribution in [0.4, 0.5) is 5.69 Å². The standard InChI is InChI=1S/C25H19BrClN5O2/c1-16-21(27)8-5-9-22(16)29-24(33)25(34)30-28-14-18-15-32(20-6-3-2-4-7-20)31-23(18)17-10-12-19(26)13-11-17/h2-15H,1H3,(H,29,33)(H,30,34)/b28-14-. The van der Waals surface area contributed by atoms with Crippen LogP contribution < -0.4 is 10.7 Å². The Kier molecular flexibility index (Phi) is 7.20. The number of rotatable bonds is 5. The van der Waals surface area contributed by atoms with E-state index in [1.165, 1.54) is 6.21 Å². The summed E-state index contributed by atoms with van der Waals surface area (Å²) in [5.74, 6) is -1.76. The number of carbonyl (C=O) groups excluding carboxylic acids is 2. The predicted octanol–water partition coefficient (Wildman–Crippen LogP) is 5.35. The van der Waals surface area contributed by atoms with Gasteiger partial charge in [-0.2, -0.15) is 10.2 Å². The van der Waals surface area contributed by atoms with Gasteiger partial charge in [0.1, 0.15) is 5.69 Å². The maximum absolute atomic E-state index is 12.3. The second-order valence-electron chi connectivity index (χ2n) is 7.29. The van der Waals surface area contributed by atoms with Crippen molar-refractivity contribution in [3.05, 3.63) is 99.6 Å². The Morgan fingerprint density at radius 3 is 2.47 bits per heavy atom. The average molecular weight is 537 g/mol. The number of nitrogens with one attached hydrogen (secondary N) is 2. The first kappa shape index (κ1) is 23.4. The lowest BCUT2D eigenvalue weighted by atomic mass is 10.1. The first-order valence-electron chi connectivity index (χ1n) is 10.2. The average Bonchev–Trinajstić information content (AvgIpc) is 3.27. The van der Waals surface area contributed by atoms with Crippen molar-refractivity contribution in [2.45, 2.75) is 6.92 Å². The van der Waals surface area contributed by atoms with Crippen molar-refractivity contribution in [3.8, 4) is 16.9 Å². The Morgan fingerprint density at radius 2 is 1.74 bits per heavy atom. The Morgan fingerprint density at radius 1 is 1.00 bits per heavy atom. The normalized spacial score (nSPS) is 10.9. The molecule has 0 atom stereocenters. The van der Waals surface area contributed by atoms with Crippen LogP contribution in [0.3, 0.4) is 0 Å². The van der Waals surface area contributed by atoms with E-state index in [-0.39, 0.29) is 0 Å². The molecule has 7 nitrogen and oxygen atoms in total. The molecule has 1 heterocycles. The second kappa shape index (κ2) is 10.5. The number of para-hydroxylation sites is 1. The smallest absolute Gasteiger partial charge is 0.317 e. The van der Waals surface area contributed by atoms with Crippen LogP contribution in [0, 0.1) is 6.92 Å². The fourth-order valence-electron chi connectivity index (χ4n) is 3.16. The van der Waals surface area contributed by atoms with Crippen molar-refractivity contribution in [1.29, 1.82) is 0 Å². The summed E-state index contributed by atoms with van der Waals surface area (Å²) < 4.78 is 2.68. The molecule has 0 radical (unpaired) electrons. The maximum Gasteiger partial charge on any atom is 0.329 e. The van der Waals surface area contributed by atoms with Crippen LogP contribution in [-0.2, 0) is 9.59 Å². The van der Waals surface area contributed by atoms with Gasteiger partial charge in [0.25, 0.3) is 0 Å². The molecule has 0 bridgehead atoms. The van der Waals surface area contributed by atoms with Crippen molar-refractivity contribution >= 4 is 51.2 Å². The lowest BCUT2D eigenvalue weighted by Crippen LogP contribution is -2.32. The van der Waals surface area contributed by atoms with Gasteiger partial charge in [-0.1, -0.05) is 63.9 Å². The van der Waals surface area contributed by atoms with Gasteiger partial charge in [-0.15, -0.1) is 0 Å². The molecule has 0 fully saturated rings. The summed E-state index contributed by atoms with van der Waals surface area (Å²) in [7, 11) is 0. The SMILES string of the molecule is Cc1c(Cl)cccc1NC(=O)C(=O)N/N=C\c1cn(-c2ccccc2)nc1-c1ccc(Br)cc1. The van der Waals surface area contributed by atoms with E-state index in [9.17, 15) is 9.59 Å². The van der Waals surface area contributed by atoms with Gasteiger partial charge in [-0.3, -0.25) is 9.59 Å². The molecule has 0 saturated heterocycles. The highest BCUT2D eigenvalue weighted by Gasteiger charge is 2.15. The minimum Gasteiger partial charge on any atom is -0.317 e. The van der Waals surface area contributed by atoms with Crippen LogP contribution in [0.2, 0.25) is 5.02 Å². The summed E-state index contributed by atoms with van der Waals surface area (Å²) in [6.07, 6.45) is 3.26. The van der Waals surface area contributed by atoms with Gasteiger partial charge < -0.3 is 5.32 Å². The molecule has 1 aromatic heterocycles. The minimum atomic E-state index is -0.906. The largest absolute Gasteiger partial charge is 0.329 e. The lowest BCUT2D eigenvalue weighted by molar-refractivity contribution is -0.136. The van der Waals surface area contributed by atoms with Gasteiger partial charge in [0.05, 0.1) is 11.9 Å². The fraction of sp³-hybridized carbons (Fsp3) is 0.0400. The molecule has 3 aromatic carbocycles. The summed E-state index contributed by atoms with van der Waals surface area (Å²) in [5, 5.41) is 11.7. The summed E-state index contributed by atoms with van der Waals surface area (Å²) in [6.45, 7) is 1.75. The van der Waals surface area contributed by atoms with Crippen LogP contribution in [0.15, 0.2) is 88.6 Å². The summed E-state index contributed by atoms with van der Waals surface area (Å²) in [5.41, 5.74) is 6.48. The zero-order valence-electron chi connectivity index (χ0n) is 18.0. The molecule has 0 saturated carbocycles. The third-order valence-electron chi connectivity index (χ3n) is 4.97. The maximum atomic E-state index is 12.3. The number of hydrazone groups is 1. The quantitative estimate of drug-likeness (QED) is 0.205. The number of aromatic nitrogens is 2. The van der Waals surface area contributed by atoms with Crippen LogP contribution >= 0.6 is 27.5 Å². The molecule has 2 amide bonds. The zero-order valence-corrected chi connectivity index (χ0v) is 20.3. The highest BCUT2D eigenvalue weighted by Crippen LogP contribution is 2.25. The third-order valence-corrected chi connectivity index (χ3v) is 5.91. The molecule has 2 N–H and O–H groups in total. The molecule has 0 aliphatic heterocycles. The summed E-state index contributed by atoms with van der Waals surface area (Å²) >= 11 is 9.50. The molecule has 0 aliphatic rings. The number of anilines is 1. The van der Waals surface area contributed by atoms with E-state index in [1.54, 1.807) is 36.0 Å². The second-order valence-corrected chi connectivity index (χ2v) is 8.61. The third kappa shape index (κ3) is 5.41. The number of carbonyl (C=O) groups is 2. The van der Waals surface area contributed by atoms with E-state index < -0.39 is 11.8 Å². The first-order chi connectivity index (χ1) is 16.4. The van der Waals surface area contributed by atoms with Crippen LogP contribution in [0.1, 0.15) is 11.1 Å². The van der Waals surface area contributed by atoms with E-state index >= 15 is 0 Å². The van der Waals surface area contributed by atoms with Gasteiger partial charge in [0.15, 0.2) is 0 Å². The monoisotopic (exact) mass is 535 g/mol. The Labute approximate surface area is 209 Å². The van der Waals surface area contributed by atoms with Crippen molar-refractivity contribution < 1.29 is 9.59 Å². The van der Waals surface area contributed by atoms with E-state index in [0.717, 1.165) is 15.7 Å². The van der Waals surface area contributed by atoms with Gasteiger partial charge in [-0.05, 0) is 48.9 Å². The van der Waals surface area contributed by atoms with Crippen LogP contribution in [0.25, 0.3) is 16.9 Å². The molecule has 0 aliphatic carbocycles. The summed E-state index contributed by atoms with van der Waals surface area (Å²) in [4.78, 5) is 24.5. The number of halogens is 2. The number of benzene rings is 3. The summed E-state index contributed by atoms with van der Waals surface area (Å²) in [6, 6.07) is 22.4. The fourth-order valence-corrected chi connectivity index (χ4v) is 3.60. The van der Waals surface area contributed by atoms with Crippen molar-refractivity contribution in [1.82, 2.24) is 15.2 Å². The molecular weight excluding hydrogens is 518 g/mol. The Bertz CT molecular complexity index is 1370. The highest BCUT2D eigenvalue weighted by atomic mass is 79.9. The molecule has 0 unspecified atom stereocenters. The Balaban J connectivity index is 1.54. The number of hydrogen-bond donors (Lipinski definition) is 2. The zero-order chi connectivity index (χ0) is 24.1.